The van der Waals surface area contributed by atoms with E-state index in [1.807, 2.05) is 32.0 Å². The fraction of sp³-hybridized carbons (Fsp3) is 0.333. The van der Waals surface area contributed by atoms with Crippen molar-refractivity contribution in [2.24, 2.45) is 0 Å². The second kappa shape index (κ2) is 9.52. The highest BCUT2D eigenvalue weighted by molar-refractivity contribution is 6.10. The number of hydrogen-bond donors (Lipinski definition) is 1. The number of nitrogens with zero attached hydrogens (tertiary/aromatic N) is 3. The van der Waals surface area contributed by atoms with Crippen molar-refractivity contribution < 1.29 is 19.1 Å². The molecule has 8 nitrogen and oxygen atoms in total. The minimum Gasteiger partial charge on any atom is -0.494 e. The summed E-state index contributed by atoms with van der Waals surface area (Å²) >= 11 is 0. The van der Waals surface area contributed by atoms with Crippen molar-refractivity contribution in [1.29, 1.82) is 5.26 Å². The van der Waals surface area contributed by atoms with Gasteiger partial charge in [-0.3, -0.25) is 14.5 Å². The third-order valence-corrected chi connectivity index (χ3v) is 5.40. The van der Waals surface area contributed by atoms with Gasteiger partial charge in [0, 0.05) is 12.2 Å². The number of imide groups is 1. The summed E-state index contributed by atoms with van der Waals surface area (Å²) in [5.41, 5.74) is 0.984. The lowest BCUT2D eigenvalue weighted by Crippen LogP contribution is -2.45. The lowest BCUT2D eigenvalue weighted by molar-refractivity contribution is -0.134. The predicted molar refractivity (Wildman–Crippen MR) is 119 cm³/mol. The van der Waals surface area contributed by atoms with Crippen LogP contribution in [0.15, 0.2) is 48.5 Å². The molecule has 1 aliphatic heterocycles. The smallest absolute Gasteiger partial charge is 0.325 e. The molecule has 3 rings (SSSR count). The van der Waals surface area contributed by atoms with Gasteiger partial charge in [-0.25, -0.2) is 4.79 Å². The van der Waals surface area contributed by atoms with Gasteiger partial charge in [0.2, 0.25) is 5.91 Å². The molecule has 1 saturated heterocycles. The molecule has 0 radical (unpaired) electrons. The maximum Gasteiger partial charge on any atom is 0.325 e. The van der Waals surface area contributed by atoms with Crippen LogP contribution in [0.5, 0.6) is 5.75 Å². The number of ether oxygens (including phenoxy) is 1. The molecule has 0 aliphatic carbocycles. The van der Waals surface area contributed by atoms with Gasteiger partial charge < -0.3 is 15.0 Å². The fourth-order valence-electron chi connectivity index (χ4n) is 3.59. The van der Waals surface area contributed by atoms with Crippen molar-refractivity contribution in [2.75, 3.05) is 24.6 Å². The molecular formula is C24H26N4O4. The normalized spacial score (nSPS) is 17.6. The van der Waals surface area contributed by atoms with Crippen LogP contribution < -0.4 is 15.0 Å². The van der Waals surface area contributed by atoms with E-state index in [0.717, 1.165) is 10.5 Å². The Balaban J connectivity index is 1.80. The molecule has 1 N–H and O–H groups in total. The van der Waals surface area contributed by atoms with Gasteiger partial charge in [0.25, 0.3) is 5.91 Å². The monoisotopic (exact) mass is 434 g/mol. The zero-order valence-electron chi connectivity index (χ0n) is 18.4. The zero-order valence-corrected chi connectivity index (χ0v) is 18.4. The molecule has 4 amide bonds. The van der Waals surface area contributed by atoms with Crippen molar-refractivity contribution >= 4 is 23.5 Å². The van der Waals surface area contributed by atoms with Crippen LogP contribution in [0.4, 0.5) is 10.5 Å². The fourth-order valence-corrected chi connectivity index (χ4v) is 3.59. The summed E-state index contributed by atoms with van der Waals surface area (Å²) in [4.78, 5) is 41.2. The van der Waals surface area contributed by atoms with Gasteiger partial charge in [0.1, 0.15) is 17.8 Å². The average molecular weight is 434 g/mol. The number of carbonyl (C=O) groups excluding carboxylic acids is 3. The zero-order chi connectivity index (χ0) is 23.3. The number of hydrogen-bond acceptors (Lipinski definition) is 5. The molecule has 0 aromatic heterocycles. The first kappa shape index (κ1) is 22.8. The Bertz CT molecular complexity index is 1040. The lowest BCUT2D eigenvalue weighted by Gasteiger charge is -2.25. The van der Waals surface area contributed by atoms with Crippen LogP contribution in [-0.4, -0.2) is 42.4 Å². The molecule has 1 atom stereocenters. The number of amides is 4. The molecule has 2 aromatic rings. The Morgan fingerprint density at radius 1 is 1.16 bits per heavy atom. The van der Waals surface area contributed by atoms with E-state index in [1.165, 1.54) is 4.90 Å². The van der Waals surface area contributed by atoms with Crippen LogP contribution in [0.1, 0.15) is 31.4 Å². The maximum atomic E-state index is 13.2. The van der Waals surface area contributed by atoms with Gasteiger partial charge in [-0.1, -0.05) is 29.8 Å². The Hall–Kier alpha value is -3.86. The third-order valence-electron chi connectivity index (χ3n) is 5.40. The molecular weight excluding hydrogens is 408 g/mol. The minimum absolute atomic E-state index is 0.111. The SMILES string of the molecule is CCOc1ccc(N(CCC#N)C(=O)CN2C(=O)N[C@](C)(c3ccc(C)cc3)C2=O)cc1. The minimum atomic E-state index is -1.25. The average Bonchev–Trinajstić information content (AvgIpc) is 2.99. The van der Waals surface area contributed by atoms with Crippen molar-refractivity contribution in [2.45, 2.75) is 32.7 Å². The first-order valence-electron chi connectivity index (χ1n) is 10.4. The first-order valence-corrected chi connectivity index (χ1v) is 10.4. The number of aryl methyl sites for hydroxylation is 1. The van der Waals surface area contributed by atoms with E-state index in [9.17, 15) is 14.4 Å². The van der Waals surface area contributed by atoms with Crippen molar-refractivity contribution in [3.63, 3.8) is 0 Å². The second-order valence-electron chi connectivity index (χ2n) is 7.69. The molecule has 0 spiro atoms. The lowest BCUT2D eigenvalue weighted by atomic mass is 9.91. The number of benzene rings is 2. The highest BCUT2D eigenvalue weighted by Gasteiger charge is 2.49. The van der Waals surface area contributed by atoms with Crippen LogP contribution in [0, 0.1) is 18.3 Å². The van der Waals surface area contributed by atoms with Gasteiger partial charge in [-0.15, -0.1) is 0 Å². The van der Waals surface area contributed by atoms with Crippen LogP contribution in [0.2, 0.25) is 0 Å². The molecule has 0 bridgehead atoms. The number of nitrogens with one attached hydrogen (secondary N) is 1. The van der Waals surface area contributed by atoms with E-state index in [2.05, 4.69) is 5.32 Å². The van der Waals surface area contributed by atoms with Gasteiger partial charge in [-0.05, 0) is 50.6 Å². The standard InChI is InChI=1S/C24H26N4O4/c1-4-32-20-12-10-19(11-13-20)27(15-5-14-25)21(29)16-28-22(30)24(3,26-23(28)31)18-8-6-17(2)7-9-18/h6-13H,4-5,15-16H2,1-3H3,(H,26,31)/t24-/m1/s1. The predicted octanol–water partition coefficient (Wildman–Crippen LogP) is 3.11. The number of urea groups is 1. The molecule has 166 valence electrons. The maximum absolute atomic E-state index is 13.2. The largest absolute Gasteiger partial charge is 0.494 e. The highest BCUT2D eigenvalue weighted by atomic mass is 16.5. The molecule has 32 heavy (non-hydrogen) atoms. The van der Waals surface area contributed by atoms with Crippen LogP contribution in [-0.2, 0) is 15.1 Å². The van der Waals surface area contributed by atoms with Gasteiger partial charge in [0.15, 0.2) is 0 Å². The van der Waals surface area contributed by atoms with E-state index < -0.39 is 29.9 Å². The topological polar surface area (TPSA) is 103 Å². The van der Waals surface area contributed by atoms with E-state index in [1.54, 1.807) is 43.3 Å². The second-order valence-corrected chi connectivity index (χ2v) is 7.69. The van der Waals surface area contributed by atoms with E-state index in [0.29, 0.717) is 23.6 Å². The van der Waals surface area contributed by atoms with Gasteiger partial charge in [0.05, 0.1) is 19.1 Å². The summed E-state index contributed by atoms with van der Waals surface area (Å²) in [6, 6.07) is 15.6. The summed E-state index contributed by atoms with van der Waals surface area (Å²) in [5, 5.41) is 11.7. The molecule has 1 aliphatic rings. The van der Waals surface area contributed by atoms with Crippen LogP contribution in [0.3, 0.4) is 0 Å². The number of anilines is 1. The number of rotatable bonds is 8. The molecule has 0 saturated carbocycles. The third kappa shape index (κ3) is 4.57. The molecule has 1 fully saturated rings. The van der Waals surface area contributed by atoms with Gasteiger partial charge in [-0.2, -0.15) is 5.26 Å². The summed E-state index contributed by atoms with van der Waals surface area (Å²) in [5.74, 6) is -0.292. The Kier molecular flexibility index (Phi) is 6.79. The molecule has 8 heteroatoms. The van der Waals surface area contributed by atoms with E-state index in [4.69, 9.17) is 10.00 Å². The summed E-state index contributed by atoms with van der Waals surface area (Å²) in [6.45, 7) is 5.67. The quantitative estimate of drug-likeness (QED) is 0.643. The van der Waals surface area contributed by atoms with Crippen molar-refractivity contribution in [1.82, 2.24) is 10.2 Å². The Morgan fingerprint density at radius 2 is 1.81 bits per heavy atom. The highest BCUT2D eigenvalue weighted by Crippen LogP contribution is 2.29. The van der Waals surface area contributed by atoms with Crippen LogP contribution in [0.25, 0.3) is 0 Å². The van der Waals surface area contributed by atoms with Gasteiger partial charge >= 0.3 is 6.03 Å². The Morgan fingerprint density at radius 3 is 2.41 bits per heavy atom. The Labute approximate surface area is 187 Å². The summed E-state index contributed by atoms with van der Waals surface area (Å²) in [7, 11) is 0. The number of nitriles is 1. The molecule has 0 unspecified atom stereocenters. The van der Waals surface area contributed by atoms with E-state index >= 15 is 0 Å². The molecule has 1 heterocycles. The summed E-state index contributed by atoms with van der Waals surface area (Å²) in [6.07, 6.45) is 0.111. The molecule has 2 aromatic carbocycles. The first-order chi connectivity index (χ1) is 15.3. The van der Waals surface area contributed by atoms with Crippen molar-refractivity contribution in [3.8, 4) is 11.8 Å². The number of carbonyl (C=O) groups is 3. The van der Waals surface area contributed by atoms with Crippen LogP contribution >= 0.6 is 0 Å². The summed E-state index contributed by atoms with van der Waals surface area (Å²) < 4.78 is 5.43. The van der Waals surface area contributed by atoms with E-state index in [-0.39, 0.29) is 13.0 Å². The van der Waals surface area contributed by atoms with Crippen molar-refractivity contribution in [3.05, 3.63) is 59.7 Å².